The van der Waals surface area contributed by atoms with Crippen LogP contribution >= 0.6 is 0 Å². The zero-order chi connectivity index (χ0) is 8.04. The maximum atomic E-state index is 10.6. The van der Waals surface area contributed by atoms with Gasteiger partial charge in [0, 0.05) is 0 Å². The van der Waals surface area contributed by atoms with Gasteiger partial charge in [0.05, 0.1) is 12.3 Å². The highest BCUT2D eigenvalue weighted by Crippen LogP contribution is 1.80. The van der Waals surface area contributed by atoms with E-state index in [9.17, 15) is 13.2 Å². The summed E-state index contributed by atoms with van der Waals surface area (Å²) in [5, 5.41) is 0. The SMILES string of the molecule is CNS(=O)(=O)CCN=C=O. The van der Waals surface area contributed by atoms with Crippen LogP contribution in [0.25, 0.3) is 0 Å². The molecule has 0 amide bonds. The number of carbonyl (C=O) groups excluding carboxylic acids is 1. The first-order valence-electron chi connectivity index (χ1n) is 2.57. The quantitative estimate of drug-likeness (QED) is 0.422. The summed E-state index contributed by atoms with van der Waals surface area (Å²) in [6.45, 7) is -0.0350. The molecular formula is C4H8N2O3S. The molecule has 0 aromatic heterocycles. The number of nitrogens with one attached hydrogen (secondary N) is 1. The molecule has 0 rings (SSSR count). The van der Waals surface area contributed by atoms with E-state index in [0.29, 0.717) is 0 Å². The van der Waals surface area contributed by atoms with Gasteiger partial charge in [-0.1, -0.05) is 0 Å². The second-order valence-corrected chi connectivity index (χ2v) is 3.54. The maximum Gasteiger partial charge on any atom is 0.234 e. The van der Waals surface area contributed by atoms with Crippen molar-refractivity contribution in [3.63, 3.8) is 0 Å². The summed E-state index contributed by atoms with van der Waals surface area (Å²) in [5.74, 6) is -0.168. The number of hydrogen-bond acceptors (Lipinski definition) is 4. The molecule has 10 heavy (non-hydrogen) atoms. The summed E-state index contributed by atoms with van der Waals surface area (Å²) in [4.78, 5) is 12.6. The minimum absolute atomic E-state index is 0.0350. The molecule has 0 spiro atoms. The summed E-state index contributed by atoms with van der Waals surface area (Å²) in [5.41, 5.74) is 0. The van der Waals surface area contributed by atoms with E-state index in [-0.39, 0.29) is 12.3 Å². The molecular weight excluding hydrogens is 156 g/mol. The Morgan fingerprint density at radius 3 is 2.60 bits per heavy atom. The van der Waals surface area contributed by atoms with Crippen LogP contribution in [0.2, 0.25) is 0 Å². The molecule has 1 N–H and O–H groups in total. The minimum atomic E-state index is -3.21. The molecule has 0 aliphatic rings. The second-order valence-electron chi connectivity index (χ2n) is 1.50. The van der Waals surface area contributed by atoms with Crippen molar-refractivity contribution in [2.45, 2.75) is 0 Å². The van der Waals surface area contributed by atoms with Gasteiger partial charge in [-0.3, -0.25) is 0 Å². The molecule has 58 valence electrons. The smallest absolute Gasteiger partial charge is 0.218 e. The Balaban J connectivity index is 3.80. The lowest BCUT2D eigenvalue weighted by Gasteiger charge is -1.95. The van der Waals surface area contributed by atoms with Crippen LogP contribution in [0.3, 0.4) is 0 Å². The van der Waals surface area contributed by atoms with Gasteiger partial charge in [-0.15, -0.1) is 0 Å². The fraction of sp³-hybridized carbons (Fsp3) is 0.750. The largest absolute Gasteiger partial charge is 0.234 e. The highest BCUT2D eigenvalue weighted by molar-refractivity contribution is 7.89. The van der Waals surface area contributed by atoms with Gasteiger partial charge in [-0.2, -0.15) is 0 Å². The van der Waals surface area contributed by atoms with Crippen molar-refractivity contribution in [1.82, 2.24) is 4.72 Å². The van der Waals surface area contributed by atoms with Crippen molar-refractivity contribution in [1.29, 1.82) is 0 Å². The summed E-state index contributed by atoms with van der Waals surface area (Å²) < 4.78 is 23.2. The van der Waals surface area contributed by atoms with Crippen molar-refractivity contribution >= 4 is 16.1 Å². The fourth-order valence-corrected chi connectivity index (χ4v) is 0.849. The molecule has 0 aromatic rings. The Morgan fingerprint density at radius 2 is 2.20 bits per heavy atom. The van der Waals surface area contributed by atoms with E-state index in [4.69, 9.17) is 0 Å². The zero-order valence-electron chi connectivity index (χ0n) is 5.49. The van der Waals surface area contributed by atoms with Crippen LogP contribution in [0.4, 0.5) is 0 Å². The first kappa shape index (κ1) is 9.29. The number of hydrogen-bond donors (Lipinski definition) is 1. The van der Waals surface area contributed by atoms with Crippen molar-refractivity contribution in [3.05, 3.63) is 0 Å². The highest BCUT2D eigenvalue weighted by atomic mass is 32.2. The van der Waals surface area contributed by atoms with Crippen LogP contribution in [0, 0.1) is 0 Å². The Bertz CT molecular complexity index is 227. The van der Waals surface area contributed by atoms with Gasteiger partial charge in [0.15, 0.2) is 0 Å². The highest BCUT2D eigenvalue weighted by Gasteiger charge is 2.03. The van der Waals surface area contributed by atoms with Crippen LogP contribution in [0.5, 0.6) is 0 Å². The topological polar surface area (TPSA) is 75.6 Å². The summed E-state index contributed by atoms with van der Waals surface area (Å²) in [7, 11) is -1.91. The maximum absolute atomic E-state index is 10.6. The molecule has 0 saturated carbocycles. The molecule has 0 saturated heterocycles. The van der Waals surface area contributed by atoms with Gasteiger partial charge in [0.25, 0.3) is 0 Å². The lowest BCUT2D eigenvalue weighted by Crippen LogP contribution is -2.23. The number of aliphatic imine (C=N–C) groups is 1. The molecule has 0 fully saturated rings. The second kappa shape index (κ2) is 4.16. The Labute approximate surface area is 59.2 Å². The van der Waals surface area contributed by atoms with Crippen LogP contribution in [0.1, 0.15) is 0 Å². The van der Waals surface area contributed by atoms with Gasteiger partial charge >= 0.3 is 0 Å². The molecule has 0 aromatic carbocycles. The van der Waals surface area contributed by atoms with Crippen LogP contribution in [-0.4, -0.2) is 33.8 Å². The molecule has 0 radical (unpaired) electrons. The van der Waals surface area contributed by atoms with Crippen LogP contribution < -0.4 is 4.72 Å². The van der Waals surface area contributed by atoms with E-state index >= 15 is 0 Å². The van der Waals surface area contributed by atoms with E-state index in [1.807, 2.05) is 0 Å². The van der Waals surface area contributed by atoms with Crippen LogP contribution in [0.15, 0.2) is 4.99 Å². The van der Waals surface area contributed by atoms with E-state index in [0.717, 1.165) is 0 Å². The third-order valence-electron chi connectivity index (χ3n) is 0.847. The van der Waals surface area contributed by atoms with Crippen molar-refractivity contribution in [3.8, 4) is 0 Å². The molecule has 0 bridgehead atoms. The van der Waals surface area contributed by atoms with E-state index in [1.165, 1.54) is 13.1 Å². The van der Waals surface area contributed by atoms with Crippen LogP contribution in [-0.2, 0) is 14.8 Å². The van der Waals surface area contributed by atoms with Gasteiger partial charge in [-0.05, 0) is 7.05 Å². The minimum Gasteiger partial charge on any atom is -0.218 e. The van der Waals surface area contributed by atoms with E-state index in [2.05, 4.69) is 9.71 Å². The predicted molar refractivity (Wildman–Crippen MR) is 35.8 cm³/mol. The lowest BCUT2D eigenvalue weighted by atomic mass is 10.8. The number of nitrogens with zero attached hydrogens (tertiary/aromatic N) is 1. The Hall–Kier alpha value is -0.710. The molecule has 6 heteroatoms. The van der Waals surface area contributed by atoms with Crippen molar-refractivity contribution in [2.24, 2.45) is 4.99 Å². The van der Waals surface area contributed by atoms with Gasteiger partial charge < -0.3 is 0 Å². The zero-order valence-corrected chi connectivity index (χ0v) is 6.31. The summed E-state index contributed by atoms with van der Waals surface area (Å²) in [6, 6.07) is 0. The third kappa shape index (κ3) is 4.20. The summed E-state index contributed by atoms with van der Waals surface area (Å²) in [6.07, 6.45) is 1.25. The average molecular weight is 164 g/mol. The van der Waals surface area contributed by atoms with Gasteiger partial charge in [0.1, 0.15) is 0 Å². The molecule has 5 nitrogen and oxygen atoms in total. The fourth-order valence-electron chi connectivity index (χ4n) is 0.314. The number of rotatable bonds is 4. The Kier molecular flexibility index (Phi) is 3.87. The third-order valence-corrected chi connectivity index (χ3v) is 2.19. The molecule has 0 atom stereocenters. The molecule has 0 heterocycles. The standard InChI is InChI=1S/C4H8N2O3S/c1-5-10(8,9)3-2-6-4-7/h5H,2-3H2,1H3. The molecule has 0 aliphatic carbocycles. The van der Waals surface area contributed by atoms with Gasteiger partial charge in [-0.25, -0.2) is 22.9 Å². The van der Waals surface area contributed by atoms with Gasteiger partial charge in [0.2, 0.25) is 16.1 Å². The number of isocyanates is 1. The molecule has 0 aliphatic heterocycles. The number of sulfonamides is 1. The Morgan fingerprint density at radius 1 is 1.60 bits per heavy atom. The predicted octanol–water partition coefficient (Wildman–Crippen LogP) is -1.13. The molecule has 0 unspecified atom stereocenters. The van der Waals surface area contributed by atoms with E-state index in [1.54, 1.807) is 0 Å². The van der Waals surface area contributed by atoms with Crippen molar-refractivity contribution in [2.75, 3.05) is 19.3 Å². The average Bonchev–Trinajstić information content (AvgIpc) is 1.89. The first-order valence-corrected chi connectivity index (χ1v) is 4.22. The first-order chi connectivity index (χ1) is 4.62. The van der Waals surface area contributed by atoms with Crippen molar-refractivity contribution < 1.29 is 13.2 Å². The summed E-state index contributed by atoms with van der Waals surface area (Å²) >= 11 is 0. The normalized spacial score (nSPS) is 10.5. The van der Waals surface area contributed by atoms with E-state index < -0.39 is 10.0 Å². The monoisotopic (exact) mass is 164 g/mol. The lowest BCUT2D eigenvalue weighted by molar-refractivity contribution is 0.563.